The molecule has 4 heteroatoms. The number of carbonyl (C=O) groups is 1. The number of fused-ring (bicyclic) bond motifs is 2. The monoisotopic (exact) mass is 414 g/mol. The molecule has 5 rings (SSSR count). The van der Waals surface area contributed by atoms with Crippen molar-refractivity contribution in [3.63, 3.8) is 0 Å². The summed E-state index contributed by atoms with van der Waals surface area (Å²) in [7, 11) is 0. The normalized spacial score (nSPS) is 23.1. The van der Waals surface area contributed by atoms with E-state index in [1.807, 2.05) is 60.7 Å². The van der Waals surface area contributed by atoms with Crippen LogP contribution < -0.4 is 5.32 Å². The van der Waals surface area contributed by atoms with E-state index in [2.05, 4.69) is 12.2 Å². The van der Waals surface area contributed by atoms with Gasteiger partial charge in [0, 0.05) is 30.0 Å². The topological polar surface area (TPSA) is 55.1 Å². The molecule has 0 aliphatic heterocycles. The van der Waals surface area contributed by atoms with Crippen LogP contribution in [-0.2, 0) is 11.2 Å². The summed E-state index contributed by atoms with van der Waals surface area (Å²) in [5.41, 5.74) is 2.85. The molecule has 0 saturated heterocycles. The maximum atomic E-state index is 12.6. The van der Waals surface area contributed by atoms with Crippen LogP contribution >= 0.6 is 0 Å². The molecule has 1 heterocycles. The lowest BCUT2D eigenvalue weighted by Crippen LogP contribution is -2.40. The maximum Gasteiger partial charge on any atom is 0.220 e. The molecule has 160 valence electrons. The second kappa shape index (κ2) is 8.70. The van der Waals surface area contributed by atoms with Gasteiger partial charge in [-0.15, -0.1) is 0 Å². The van der Waals surface area contributed by atoms with E-state index >= 15 is 0 Å². The van der Waals surface area contributed by atoms with Gasteiger partial charge < -0.3 is 9.73 Å². The van der Waals surface area contributed by atoms with Crippen LogP contribution in [0, 0.1) is 17.8 Å². The first-order valence-electron chi connectivity index (χ1n) is 11.6. The number of aryl methyl sites for hydroxylation is 1. The molecule has 4 atom stereocenters. The van der Waals surface area contributed by atoms with Crippen LogP contribution in [0.15, 0.2) is 65.1 Å². The maximum absolute atomic E-state index is 12.6. The minimum atomic E-state index is 0.0935. The fourth-order valence-electron chi connectivity index (χ4n) is 5.61. The third-order valence-electron chi connectivity index (χ3n) is 7.14. The van der Waals surface area contributed by atoms with Crippen molar-refractivity contribution in [1.82, 2.24) is 10.3 Å². The fourth-order valence-corrected chi connectivity index (χ4v) is 5.61. The minimum Gasteiger partial charge on any atom is -0.440 e. The van der Waals surface area contributed by atoms with Gasteiger partial charge in [0.05, 0.1) is 0 Å². The average Bonchev–Trinajstić information content (AvgIpc) is 3.55. The molecule has 0 radical (unpaired) electrons. The molecule has 1 amide bonds. The molecule has 1 aromatic heterocycles. The highest BCUT2D eigenvalue weighted by Gasteiger charge is 2.42. The van der Waals surface area contributed by atoms with Crippen molar-refractivity contribution in [1.29, 1.82) is 0 Å². The molecule has 0 spiro atoms. The number of aromatic nitrogens is 1. The second-order valence-corrected chi connectivity index (χ2v) is 9.21. The van der Waals surface area contributed by atoms with Crippen LogP contribution in [0.25, 0.3) is 22.6 Å². The van der Waals surface area contributed by atoms with Gasteiger partial charge in [-0.1, -0.05) is 67.1 Å². The van der Waals surface area contributed by atoms with E-state index < -0.39 is 0 Å². The Bertz CT molecular complexity index is 971. The van der Waals surface area contributed by atoms with Crippen LogP contribution in [0.1, 0.15) is 44.9 Å². The number of amides is 1. The Morgan fingerprint density at radius 2 is 1.74 bits per heavy atom. The summed E-state index contributed by atoms with van der Waals surface area (Å²) in [6.45, 7) is 2.18. The zero-order valence-electron chi connectivity index (χ0n) is 18.1. The highest BCUT2D eigenvalue weighted by Crippen LogP contribution is 2.49. The number of hydrogen-bond acceptors (Lipinski definition) is 3. The first-order chi connectivity index (χ1) is 15.2. The van der Waals surface area contributed by atoms with Gasteiger partial charge in [0.1, 0.15) is 5.69 Å². The summed E-state index contributed by atoms with van der Waals surface area (Å²) in [5, 5.41) is 3.25. The van der Waals surface area contributed by atoms with Gasteiger partial charge in [0.25, 0.3) is 0 Å². The Morgan fingerprint density at radius 3 is 2.39 bits per heavy atom. The third kappa shape index (κ3) is 4.30. The summed E-state index contributed by atoms with van der Waals surface area (Å²) < 4.78 is 6.16. The Labute approximate surface area is 184 Å². The molecule has 4 nitrogen and oxygen atoms in total. The highest BCUT2D eigenvalue weighted by molar-refractivity contribution is 5.78. The zero-order chi connectivity index (χ0) is 21.2. The Hall–Kier alpha value is -2.88. The second-order valence-electron chi connectivity index (χ2n) is 9.21. The molecule has 2 aliphatic rings. The van der Waals surface area contributed by atoms with Gasteiger partial charge in [0.15, 0.2) is 11.7 Å². The van der Waals surface area contributed by atoms with Crippen molar-refractivity contribution in [3.05, 3.63) is 66.6 Å². The number of nitrogens with zero attached hydrogens (tertiary/aromatic N) is 1. The number of nitrogens with one attached hydrogen (secondary N) is 1. The number of benzene rings is 2. The summed E-state index contributed by atoms with van der Waals surface area (Å²) >= 11 is 0. The molecular formula is C27H30N2O2. The van der Waals surface area contributed by atoms with Crippen LogP contribution in [0.5, 0.6) is 0 Å². The van der Waals surface area contributed by atoms with Crippen molar-refractivity contribution in [2.45, 2.75) is 51.5 Å². The standard InChI is InChI=1S/C27H30N2O2/c1-18(23-17-19-12-13-22(23)16-19)28-24(30)14-15-25-29-26(20-8-4-2-5-9-20)27(31-25)21-10-6-3-7-11-21/h2-11,18-19,22-23H,12-17H2,1H3,(H,28,30)/t18-,19-,22-,23-/m0/s1. The van der Waals surface area contributed by atoms with Crippen LogP contribution in [0.4, 0.5) is 0 Å². The van der Waals surface area contributed by atoms with Crippen molar-refractivity contribution in [3.8, 4) is 22.6 Å². The molecule has 3 aromatic rings. The molecular weight excluding hydrogens is 384 g/mol. The van der Waals surface area contributed by atoms with Gasteiger partial charge in [-0.2, -0.15) is 0 Å². The van der Waals surface area contributed by atoms with E-state index in [1.165, 1.54) is 25.7 Å². The zero-order valence-corrected chi connectivity index (χ0v) is 18.1. The van der Waals surface area contributed by atoms with E-state index in [9.17, 15) is 4.79 Å². The first kappa shape index (κ1) is 20.0. The third-order valence-corrected chi connectivity index (χ3v) is 7.14. The highest BCUT2D eigenvalue weighted by atomic mass is 16.4. The predicted molar refractivity (Wildman–Crippen MR) is 122 cm³/mol. The van der Waals surface area contributed by atoms with E-state index in [-0.39, 0.29) is 11.9 Å². The molecule has 1 N–H and O–H groups in total. The predicted octanol–water partition coefficient (Wildman–Crippen LogP) is 5.88. The number of rotatable bonds is 7. The largest absolute Gasteiger partial charge is 0.440 e. The smallest absolute Gasteiger partial charge is 0.220 e. The number of carbonyl (C=O) groups excluding carboxylic acids is 1. The summed E-state index contributed by atoms with van der Waals surface area (Å²) in [5.74, 6) is 3.83. The minimum absolute atomic E-state index is 0.0935. The van der Waals surface area contributed by atoms with Crippen LogP contribution in [0.2, 0.25) is 0 Å². The molecule has 2 fully saturated rings. The fraction of sp³-hybridized carbons (Fsp3) is 0.407. The molecule has 2 aliphatic carbocycles. The van der Waals surface area contributed by atoms with Gasteiger partial charge in [-0.25, -0.2) is 4.98 Å². The lowest BCUT2D eigenvalue weighted by atomic mass is 9.84. The van der Waals surface area contributed by atoms with E-state index in [0.29, 0.717) is 24.7 Å². The van der Waals surface area contributed by atoms with Crippen LogP contribution in [-0.4, -0.2) is 16.9 Å². The summed E-state index contributed by atoms with van der Waals surface area (Å²) in [6.07, 6.45) is 6.28. The Balaban J connectivity index is 1.27. The van der Waals surface area contributed by atoms with Crippen molar-refractivity contribution >= 4 is 5.91 Å². The van der Waals surface area contributed by atoms with Crippen molar-refractivity contribution in [2.75, 3.05) is 0 Å². The lowest BCUT2D eigenvalue weighted by molar-refractivity contribution is -0.122. The van der Waals surface area contributed by atoms with Gasteiger partial charge >= 0.3 is 0 Å². The van der Waals surface area contributed by atoms with Gasteiger partial charge in [0.2, 0.25) is 5.91 Å². The average molecular weight is 415 g/mol. The SMILES string of the molecule is C[C@H](NC(=O)CCc1nc(-c2ccccc2)c(-c2ccccc2)o1)[C@@H]1C[C@H]2CC[C@H]1C2. The van der Waals surface area contributed by atoms with E-state index in [0.717, 1.165) is 34.4 Å². The molecule has 2 bridgehead atoms. The summed E-state index contributed by atoms with van der Waals surface area (Å²) in [4.78, 5) is 17.4. The number of oxazole rings is 1. The molecule has 2 saturated carbocycles. The molecule has 0 unspecified atom stereocenters. The van der Waals surface area contributed by atoms with E-state index in [4.69, 9.17) is 9.40 Å². The molecule has 31 heavy (non-hydrogen) atoms. The van der Waals surface area contributed by atoms with Gasteiger partial charge in [-0.3, -0.25) is 4.79 Å². The van der Waals surface area contributed by atoms with Crippen LogP contribution in [0.3, 0.4) is 0 Å². The summed E-state index contributed by atoms with van der Waals surface area (Å²) in [6, 6.07) is 20.4. The lowest BCUT2D eigenvalue weighted by Gasteiger charge is -2.28. The number of hydrogen-bond donors (Lipinski definition) is 1. The van der Waals surface area contributed by atoms with Crippen molar-refractivity contribution < 1.29 is 9.21 Å². The Kier molecular flexibility index (Phi) is 5.63. The van der Waals surface area contributed by atoms with E-state index in [1.54, 1.807) is 0 Å². The molecule has 2 aromatic carbocycles. The quantitative estimate of drug-likeness (QED) is 0.525. The van der Waals surface area contributed by atoms with Gasteiger partial charge in [-0.05, 0) is 43.9 Å². The Morgan fingerprint density at radius 1 is 1.03 bits per heavy atom. The first-order valence-corrected chi connectivity index (χ1v) is 11.6. The van der Waals surface area contributed by atoms with Crippen molar-refractivity contribution in [2.24, 2.45) is 17.8 Å².